The van der Waals surface area contributed by atoms with Crippen LogP contribution >= 0.6 is 35.0 Å². The Labute approximate surface area is 217 Å². The SMILES string of the molecule is NS(=O)(=O)c1ccc2c(c1)[C@@H]1[C@H](Cl)[C@@H](Sc3ccccc3[N+](=O)[O-])C[C@H]1[C@H](c1ccc(Cl)cc1)N2. The van der Waals surface area contributed by atoms with Gasteiger partial charge in [-0.1, -0.05) is 35.9 Å². The summed E-state index contributed by atoms with van der Waals surface area (Å²) in [5.41, 5.74) is 2.66. The van der Waals surface area contributed by atoms with Crippen LogP contribution in [0.4, 0.5) is 11.4 Å². The van der Waals surface area contributed by atoms with E-state index in [9.17, 15) is 18.5 Å². The zero-order valence-corrected chi connectivity index (χ0v) is 21.3. The molecule has 11 heteroatoms. The number of alkyl halides is 1. The van der Waals surface area contributed by atoms with E-state index < -0.39 is 15.4 Å². The van der Waals surface area contributed by atoms with Crippen molar-refractivity contribution in [2.75, 3.05) is 5.32 Å². The normalized spacial score (nSPS) is 25.4. The first-order chi connectivity index (χ1) is 16.6. The maximum absolute atomic E-state index is 12.1. The molecule has 0 aromatic heterocycles. The fourth-order valence-electron chi connectivity index (χ4n) is 5.14. The first-order valence-electron chi connectivity index (χ1n) is 10.9. The summed E-state index contributed by atoms with van der Waals surface area (Å²) in [6.07, 6.45) is 0.675. The smallest absolute Gasteiger partial charge is 0.282 e. The Morgan fingerprint density at radius 3 is 2.49 bits per heavy atom. The number of halogens is 2. The van der Waals surface area contributed by atoms with Gasteiger partial charge >= 0.3 is 0 Å². The van der Waals surface area contributed by atoms with Crippen molar-refractivity contribution in [2.45, 2.75) is 38.8 Å². The van der Waals surface area contributed by atoms with Crippen molar-refractivity contribution in [3.05, 3.63) is 93.0 Å². The number of anilines is 1. The number of benzene rings is 3. The molecule has 0 radical (unpaired) electrons. The second kappa shape index (κ2) is 9.29. The fraction of sp³-hybridized carbons (Fsp3) is 0.250. The summed E-state index contributed by atoms with van der Waals surface area (Å²) >= 11 is 14.6. The van der Waals surface area contributed by atoms with Gasteiger partial charge in [-0.2, -0.15) is 0 Å². The van der Waals surface area contributed by atoms with Gasteiger partial charge in [-0.15, -0.1) is 23.4 Å². The highest BCUT2D eigenvalue weighted by atomic mass is 35.5. The molecular formula is C24H21Cl2N3O4S2. The fourth-order valence-corrected chi connectivity index (χ4v) is 7.76. The van der Waals surface area contributed by atoms with E-state index in [2.05, 4.69) is 5.32 Å². The van der Waals surface area contributed by atoms with Crippen LogP contribution in [0.15, 0.2) is 76.5 Å². The van der Waals surface area contributed by atoms with Crippen LogP contribution in [0.3, 0.4) is 0 Å². The number of nitrogens with zero attached hydrogens (tertiary/aromatic N) is 1. The molecule has 3 aromatic carbocycles. The number of primary sulfonamides is 1. The van der Waals surface area contributed by atoms with Gasteiger partial charge in [0, 0.05) is 27.9 Å². The van der Waals surface area contributed by atoms with E-state index in [1.54, 1.807) is 30.3 Å². The summed E-state index contributed by atoms with van der Waals surface area (Å²) < 4.78 is 24.1. The first-order valence-corrected chi connectivity index (χ1v) is 14.1. The highest BCUT2D eigenvalue weighted by Gasteiger charge is 2.50. The highest BCUT2D eigenvalue weighted by Crippen LogP contribution is 2.58. The lowest BCUT2D eigenvalue weighted by molar-refractivity contribution is -0.387. The van der Waals surface area contributed by atoms with Crippen molar-refractivity contribution in [1.29, 1.82) is 0 Å². The molecule has 0 amide bonds. The standard InChI is InChI=1S/C24H21Cl2N3O4S2/c25-14-7-5-13(6-8-14)24-17-12-21(34-20-4-2-1-3-19(20)29(30)31)23(26)22(17)16-11-15(35(27,32)33)9-10-18(16)28-24/h1-11,17,21-24,28H,12H2,(H2,27,32,33)/t17-,21+,22+,23-,24+/m1/s1. The number of sulfonamides is 1. The number of para-hydroxylation sites is 1. The van der Waals surface area contributed by atoms with Crippen LogP contribution in [-0.4, -0.2) is 24.0 Å². The number of fused-ring (bicyclic) bond motifs is 3. The van der Waals surface area contributed by atoms with E-state index in [1.807, 2.05) is 24.3 Å². The lowest BCUT2D eigenvalue weighted by Gasteiger charge is -2.38. The van der Waals surface area contributed by atoms with Crippen LogP contribution < -0.4 is 10.5 Å². The number of thioether (sulfide) groups is 1. The molecule has 0 spiro atoms. The van der Waals surface area contributed by atoms with Crippen molar-refractivity contribution < 1.29 is 13.3 Å². The van der Waals surface area contributed by atoms with Crippen molar-refractivity contribution in [3.8, 4) is 0 Å². The molecule has 35 heavy (non-hydrogen) atoms. The monoisotopic (exact) mass is 549 g/mol. The molecule has 3 N–H and O–H groups in total. The van der Waals surface area contributed by atoms with Crippen LogP contribution in [-0.2, 0) is 10.0 Å². The minimum Gasteiger partial charge on any atom is -0.378 e. The van der Waals surface area contributed by atoms with Gasteiger partial charge in [0.05, 0.1) is 26.1 Å². The van der Waals surface area contributed by atoms with Crippen LogP contribution in [0.2, 0.25) is 5.02 Å². The summed E-state index contributed by atoms with van der Waals surface area (Å²) in [6, 6.07) is 18.9. The second-order valence-corrected chi connectivity index (χ2v) is 12.5. The Hall–Kier alpha value is -2.30. The van der Waals surface area contributed by atoms with E-state index in [-0.39, 0.29) is 38.6 Å². The lowest BCUT2D eigenvalue weighted by atomic mass is 9.77. The predicted molar refractivity (Wildman–Crippen MR) is 139 cm³/mol. The van der Waals surface area contributed by atoms with Gasteiger partial charge in [0.1, 0.15) is 0 Å². The molecule has 1 aliphatic heterocycles. The zero-order valence-electron chi connectivity index (χ0n) is 18.2. The topological polar surface area (TPSA) is 115 Å². The molecule has 0 unspecified atom stereocenters. The Bertz CT molecular complexity index is 1400. The largest absolute Gasteiger partial charge is 0.378 e. The van der Waals surface area contributed by atoms with E-state index in [1.165, 1.54) is 23.9 Å². The molecule has 1 aliphatic carbocycles. The van der Waals surface area contributed by atoms with Gasteiger partial charge in [0.25, 0.3) is 5.69 Å². The van der Waals surface area contributed by atoms with Crippen molar-refractivity contribution in [3.63, 3.8) is 0 Å². The Morgan fingerprint density at radius 1 is 1.09 bits per heavy atom. The number of hydrogen-bond donors (Lipinski definition) is 2. The summed E-state index contributed by atoms with van der Waals surface area (Å²) in [6.45, 7) is 0. The maximum atomic E-state index is 12.1. The number of hydrogen-bond acceptors (Lipinski definition) is 6. The molecule has 5 atom stereocenters. The average molecular weight is 550 g/mol. The Balaban J connectivity index is 1.57. The Kier molecular flexibility index (Phi) is 6.48. The molecule has 5 rings (SSSR count). The minimum absolute atomic E-state index is 0.0159. The van der Waals surface area contributed by atoms with Crippen molar-refractivity contribution >= 4 is 56.4 Å². The van der Waals surface area contributed by atoms with Gasteiger partial charge in [0.2, 0.25) is 10.0 Å². The zero-order chi connectivity index (χ0) is 24.9. The van der Waals surface area contributed by atoms with Crippen molar-refractivity contribution in [2.24, 2.45) is 11.1 Å². The second-order valence-electron chi connectivity index (χ2n) is 8.72. The van der Waals surface area contributed by atoms with E-state index in [4.69, 9.17) is 28.3 Å². The molecule has 2 aliphatic rings. The van der Waals surface area contributed by atoms with Crippen LogP contribution in [0.5, 0.6) is 0 Å². The van der Waals surface area contributed by atoms with Gasteiger partial charge in [0.15, 0.2) is 0 Å². The van der Waals surface area contributed by atoms with E-state index >= 15 is 0 Å². The van der Waals surface area contributed by atoms with Gasteiger partial charge in [-0.25, -0.2) is 13.6 Å². The average Bonchev–Trinajstić information content (AvgIpc) is 3.14. The molecule has 0 saturated heterocycles. The summed E-state index contributed by atoms with van der Waals surface area (Å²) in [4.78, 5) is 11.8. The third-order valence-corrected chi connectivity index (χ3v) is 9.96. The molecule has 182 valence electrons. The molecule has 3 aromatic rings. The minimum atomic E-state index is -3.90. The van der Waals surface area contributed by atoms with Gasteiger partial charge in [-0.05, 0) is 59.9 Å². The number of nitro groups is 1. The molecule has 1 heterocycles. The van der Waals surface area contributed by atoms with Crippen LogP contribution in [0.25, 0.3) is 0 Å². The molecule has 1 fully saturated rings. The lowest BCUT2D eigenvalue weighted by Crippen LogP contribution is -2.31. The number of rotatable bonds is 5. The molecule has 0 bridgehead atoms. The molecule has 1 saturated carbocycles. The molecular weight excluding hydrogens is 529 g/mol. The predicted octanol–water partition coefficient (Wildman–Crippen LogP) is 5.93. The van der Waals surface area contributed by atoms with E-state index in [0.29, 0.717) is 16.3 Å². The van der Waals surface area contributed by atoms with Crippen LogP contribution in [0.1, 0.15) is 29.5 Å². The maximum Gasteiger partial charge on any atom is 0.282 e. The first kappa shape index (κ1) is 24.4. The highest BCUT2D eigenvalue weighted by molar-refractivity contribution is 8.00. The Morgan fingerprint density at radius 2 is 1.80 bits per heavy atom. The third kappa shape index (κ3) is 4.63. The molecule has 7 nitrogen and oxygen atoms in total. The number of nitrogens with two attached hydrogens (primary N) is 1. The quantitative estimate of drug-likeness (QED) is 0.231. The van der Waals surface area contributed by atoms with Gasteiger partial charge < -0.3 is 5.32 Å². The van der Waals surface area contributed by atoms with Crippen LogP contribution in [0, 0.1) is 16.0 Å². The van der Waals surface area contributed by atoms with E-state index in [0.717, 1.165) is 16.8 Å². The number of nitro benzene ring substituents is 1. The summed E-state index contributed by atoms with van der Waals surface area (Å²) in [5, 5.41) is 20.6. The van der Waals surface area contributed by atoms with Crippen molar-refractivity contribution in [1.82, 2.24) is 0 Å². The number of nitrogens with one attached hydrogen (secondary N) is 1. The summed E-state index contributed by atoms with van der Waals surface area (Å²) in [7, 11) is -3.90. The van der Waals surface area contributed by atoms with Gasteiger partial charge in [-0.3, -0.25) is 10.1 Å². The third-order valence-electron chi connectivity index (χ3n) is 6.68. The summed E-state index contributed by atoms with van der Waals surface area (Å²) in [5.74, 6) is -0.169.